The Hall–Kier alpha value is -2.13. The third-order valence-electron chi connectivity index (χ3n) is 4.97. The lowest BCUT2D eigenvalue weighted by Crippen LogP contribution is -2.49. The molecule has 1 aromatic heterocycles. The number of nitrogens with zero attached hydrogens (tertiary/aromatic N) is 4. The van der Waals surface area contributed by atoms with Crippen LogP contribution in [-0.2, 0) is 15.8 Å². The van der Waals surface area contributed by atoms with Crippen molar-refractivity contribution in [1.29, 1.82) is 0 Å². The first-order valence-corrected chi connectivity index (χ1v) is 10.5. The van der Waals surface area contributed by atoms with Gasteiger partial charge < -0.3 is 4.90 Å². The zero-order valence-electron chi connectivity index (χ0n) is 14.7. The highest BCUT2D eigenvalue weighted by atomic mass is 32.2. The third kappa shape index (κ3) is 4.08. The minimum Gasteiger partial charge on any atom is -0.352 e. The Labute approximate surface area is 156 Å². The summed E-state index contributed by atoms with van der Waals surface area (Å²) in [5, 5.41) is 8.51. The Morgan fingerprint density at radius 2 is 1.74 bits per heavy atom. The SMILES string of the molecule is O=S(=O)(Cc1cc(F)ccc1F)N1CCN(c2ccc(C3CC3)nn2)CC1. The molecule has 2 heterocycles. The maximum Gasteiger partial charge on any atom is 0.218 e. The molecule has 1 saturated carbocycles. The van der Waals surface area contributed by atoms with E-state index in [0.29, 0.717) is 19.0 Å². The summed E-state index contributed by atoms with van der Waals surface area (Å²) in [6, 6.07) is 6.75. The first-order valence-electron chi connectivity index (χ1n) is 8.93. The van der Waals surface area contributed by atoms with Crippen molar-refractivity contribution in [3.63, 3.8) is 0 Å². The monoisotopic (exact) mass is 394 g/mol. The van der Waals surface area contributed by atoms with Crippen molar-refractivity contribution in [2.75, 3.05) is 31.1 Å². The highest BCUT2D eigenvalue weighted by molar-refractivity contribution is 7.88. The molecule has 0 radical (unpaired) electrons. The second-order valence-electron chi connectivity index (χ2n) is 6.97. The van der Waals surface area contributed by atoms with Crippen LogP contribution in [0.25, 0.3) is 0 Å². The molecule has 144 valence electrons. The quantitative estimate of drug-likeness (QED) is 0.779. The van der Waals surface area contributed by atoms with Gasteiger partial charge in [0.25, 0.3) is 0 Å². The number of aromatic nitrogens is 2. The lowest BCUT2D eigenvalue weighted by Gasteiger charge is -2.34. The van der Waals surface area contributed by atoms with Crippen molar-refractivity contribution >= 4 is 15.8 Å². The Bertz CT molecular complexity index is 925. The van der Waals surface area contributed by atoms with Gasteiger partial charge >= 0.3 is 0 Å². The second kappa shape index (κ2) is 7.12. The zero-order chi connectivity index (χ0) is 19.0. The molecule has 9 heteroatoms. The van der Waals surface area contributed by atoms with Crippen molar-refractivity contribution in [1.82, 2.24) is 14.5 Å². The first kappa shape index (κ1) is 18.2. The summed E-state index contributed by atoms with van der Waals surface area (Å²) in [6.07, 6.45) is 2.33. The van der Waals surface area contributed by atoms with E-state index < -0.39 is 27.4 Å². The van der Waals surface area contributed by atoms with Crippen LogP contribution in [0.4, 0.5) is 14.6 Å². The summed E-state index contributed by atoms with van der Waals surface area (Å²) in [5.74, 6) is -0.652. The van der Waals surface area contributed by atoms with Gasteiger partial charge in [-0.05, 0) is 43.2 Å². The number of sulfonamides is 1. The van der Waals surface area contributed by atoms with Crippen LogP contribution < -0.4 is 4.90 Å². The smallest absolute Gasteiger partial charge is 0.218 e. The molecule has 1 aliphatic carbocycles. The summed E-state index contributed by atoms with van der Waals surface area (Å²) < 4.78 is 53.5. The van der Waals surface area contributed by atoms with Gasteiger partial charge in [0.05, 0.1) is 11.4 Å². The molecule has 4 rings (SSSR count). The van der Waals surface area contributed by atoms with Crippen molar-refractivity contribution < 1.29 is 17.2 Å². The molecule has 0 spiro atoms. The molecule has 1 aromatic carbocycles. The number of benzene rings is 1. The Morgan fingerprint density at radius 1 is 1.00 bits per heavy atom. The van der Waals surface area contributed by atoms with Gasteiger partial charge in [-0.1, -0.05) is 0 Å². The number of hydrogen-bond donors (Lipinski definition) is 0. The molecule has 2 aliphatic rings. The predicted octanol–water partition coefficient (Wildman–Crippen LogP) is 2.28. The maximum atomic E-state index is 13.8. The Morgan fingerprint density at radius 3 is 2.37 bits per heavy atom. The fourth-order valence-electron chi connectivity index (χ4n) is 3.24. The molecule has 2 aromatic rings. The van der Waals surface area contributed by atoms with Gasteiger partial charge in [-0.25, -0.2) is 17.2 Å². The van der Waals surface area contributed by atoms with Crippen LogP contribution >= 0.6 is 0 Å². The van der Waals surface area contributed by atoms with E-state index in [0.717, 1.165) is 42.6 Å². The summed E-state index contributed by atoms with van der Waals surface area (Å²) in [5.41, 5.74) is 0.857. The molecule has 1 saturated heterocycles. The first-order chi connectivity index (χ1) is 12.9. The lowest BCUT2D eigenvalue weighted by molar-refractivity contribution is 0.382. The third-order valence-corrected chi connectivity index (χ3v) is 6.80. The maximum absolute atomic E-state index is 13.8. The van der Waals surface area contributed by atoms with Gasteiger partial charge in [-0.2, -0.15) is 9.40 Å². The standard InChI is InChI=1S/C18H20F2N4O2S/c19-15-3-4-16(20)14(11-15)12-27(25,26)24-9-7-23(8-10-24)18-6-5-17(21-22-18)13-1-2-13/h3-6,11,13H,1-2,7-10,12H2. The van der Waals surface area contributed by atoms with Gasteiger partial charge in [-0.3, -0.25) is 0 Å². The molecule has 27 heavy (non-hydrogen) atoms. The summed E-state index contributed by atoms with van der Waals surface area (Å²) in [4.78, 5) is 1.98. The molecule has 6 nitrogen and oxygen atoms in total. The molecule has 2 fully saturated rings. The largest absolute Gasteiger partial charge is 0.352 e. The van der Waals surface area contributed by atoms with E-state index in [1.807, 2.05) is 17.0 Å². The lowest BCUT2D eigenvalue weighted by atomic mass is 10.2. The van der Waals surface area contributed by atoms with E-state index in [9.17, 15) is 17.2 Å². The van der Waals surface area contributed by atoms with E-state index in [1.54, 1.807) is 0 Å². The zero-order valence-corrected chi connectivity index (χ0v) is 15.5. The molecule has 1 aliphatic heterocycles. The number of hydrogen-bond acceptors (Lipinski definition) is 5. The van der Waals surface area contributed by atoms with E-state index in [1.165, 1.54) is 4.31 Å². The minimum absolute atomic E-state index is 0.154. The van der Waals surface area contributed by atoms with Gasteiger partial charge in [0.1, 0.15) is 11.6 Å². The van der Waals surface area contributed by atoms with Gasteiger partial charge in [-0.15, -0.1) is 5.10 Å². The summed E-state index contributed by atoms with van der Waals surface area (Å²) in [6.45, 7) is 1.49. The van der Waals surface area contributed by atoms with Gasteiger partial charge in [0.2, 0.25) is 10.0 Å². The molecule has 0 amide bonds. The van der Waals surface area contributed by atoms with Crippen molar-refractivity contribution in [2.24, 2.45) is 0 Å². The second-order valence-corrected chi connectivity index (χ2v) is 8.94. The van der Waals surface area contributed by atoms with Crippen LogP contribution in [-0.4, -0.2) is 49.1 Å². The van der Waals surface area contributed by atoms with Gasteiger partial charge in [0, 0.05) is 37.7 Å². The Kier molecular flexibility index (Phi) is 4.81. The molecule has 0 bridgehead atoms. The topological polar surface area (TPSA) is 66.4 Å². The van der Waals surface area contributed by atoms with Crippen molar-refractivity contribution in [3.8, 4) is 0 Å². The van der Waals surface area contributed by atoms with E-state index in [-0.39, 0.29) is 18.7 Å². The van der Waals surface area contributed by atoms with Crippen LogP contribution in [0.2, 0.25) is 0 Å². The summed E-state index contributed by atoms with van der Waals surface area (Å²) >= 11 is 0. The van der Waals surface area contributed by atoms with E-state index in [2.05, 4.69) is 10.2 Å². The number of anilines is 1. The molecular weight excluding hydrogens is 374 g/mol. The number of piperazine rings is 1. The van der Waals surface area contributed by atoms with Crippen LogP contribution in [0.5, 0.6) is 0 Å². The molecule has 0 atom stereocenters. The fourth-order valence-corrected chi connectivity index (χ4v) is 4.75. The average Bonchev–Trinajstić information content (AvgIpc) is 3.50. The van der Waals surface area contributed by atoms with Crippen molar-refractivity contribution in [3.05, 3.63) is 53.2 Å². The highest BCUT2D eigenvalue weighted by Crippen LogP contribution is 2.38. The van der Waals surface area contributed by atoms with E-state index >= 15 is 0 Å². The predicted molar refractivity (Wildman–Crippen MR) is 96.8 cm³/mol. The van der Waals surface area contributed by atoms with Crippen LogP contribution in [0.15, 0.2) is 30.3 Å². The van der Waals surface area contributed by atoms with Gasteiger partial charge in [0.15, 0.2) is 5.82 Å². The number of halogens is 2. The minimum atomic E-state index is -3.73. The average molecular weight is 394 g/mol. The summed E-state index contributed by atoms with van der Waals surface area (Å²) in [7, 11) is -3.73. The van der Waals surface area contributed by atoms with E-state index in [4.69, 9.17) is 0 Å². The van der Waals surface area contributed by atoms with Crippen LogP contribution in [0, 0.1) is 11.6 Å². The Balaban J connectivity index is 1.39. The van der Waals surface area contributed by atoms with Crippen molar-refractivity contribution in [2.45, 2.75) is 24.5 Å². The molecule has 0 unspecified atom stereocenters. The highest BCUT2D eigenvalue weighted by Gasteiger charge is 2.29. The fraction of sp³-hybridized carbons (Fsp3) is 0.444. The normalized spacial score (nSPS) is 18.7. The van der Waals surface area contributed by atoms with Crippen LogP contribution in [0.3, 0.4) is 0 Å². The number of rotatable bonds is 5. The molecular formula is C18H20F2N4O2S. The van der Waals surface area contributed by atoms with Crippen LogP contribution in [0.1, 0.15) is 30.0 Å². The molecule has 0 N–H and O–H groups in total.